The van der Waals surface area contributed by atoms with Crippen LogP contribution in [0.4, 0.5) is 5.69 Å². The minimum absolute atomic E-state index is 0.0105. The molecule has 0 aliphatic rings. The van der Waals surface area contributed by atoms with Crippen LogP contribution in [0.5, 0.6) is 5.75 Å². The van der Waals surface area contributed by atoms with Gasteiger partial charge in [0.25, 0.3) is 0 Å². The highest BCUT2D eigenvalue weighted by molar-refractivity contribution is 5.94. The molecule has 1 rings (SSSR count). The number of carbonyl (C=O) groups is 1. The number of phenolic OH excluding ortho intramolecular Hbond substituents is 1. The number of aryl methyl sites for hydroxylation is 1. The van der Waals surface area contributed by atoms with Crippen LogP contribution >= 0.6 is 0 Å². The van der Waals surface area contributed by atoms with Crippen molar-refractivity contribution in [3.05, 3.63) is 23.8 Å². The zero-order chi connectivity index (χ0) is 10.6. The molecule has 14 heavy (non-hydrogen) atoms. The molecule has 0 aromatic heterocycles. The van der Waals surface area contributed by atoms with E-state index in [1.165, 1.54) is 6.07 Å². The van der Waals surface area contributed by atoms with Crippen LogP contribution in [-0.4, -0.2) is 11.0 Å². The number of amides is 1. The molecule has 0 spiro atoms. The Kier molecular flexibility index (Phi) is 3.08. The molecule has 4 nitrogen and oxygen atoms in total. The summed E-state index contributed by atoms with van der Waals surface area (Å²) in [6.45, 7) is 1.77. The molecule has 1 amide bonds. The molecule has 0 aliphatic heterocycles. The number of hydrogen-bond donors (Lipinski definition) is 2. The number of hydrogen-bond acceptors (Lipinski definition) is 3. The number of carbonyl (C=O) groups excluding carboxylic acids is 1. The van der Waals surface area contributed by atoms with Gasteiger partial charge in [-0.1, -0.05) is 12.1 Å². The van der Waals surface area contributed by atoms with E-state index in [9.17, 15) is 9.90 Å². The minimum atomic E-state index is -0.419. The molecule has 0 atom stereocenters. The number of nitrogens with one attached hydrogen (secondary N) is 1. The molecule has 0 radical (unpaired) electrons. The van der Waals surface area contributed by atoms with Crippen LogP contribution in [0, 0.1) is 18.3 Å². The summed E-state index contributed by atoms with van der Waals surface area (Å²) >= 11 is 0. The molecule has 0 aliphatic carbocycles. The van der Waals surface area contributed by atoms with E-state index in [1.54, 1.807) is 25.1 Å². The van der Waals surface area contributed by atoms with Crippen LogP contribution in [0.25, 0.3) is 0 Å². The lowest BCUT2D eigenvalue weighted by molar-refractivity contribution is -0.115. The number of nitrogens with zero attached hydrogens (tertiary/aromatic N) is 1. The lowest BCUT2D eigenvalue weighted by Crippen LogP contribution is -2.11. The van der Waals surface area contributed by atoms with Gasteiger partial charge in [0.15, 0.2) is 0 Å². The lowest BCUT2D eigenvalue weighted by Gasteiger charge is -2.08. The summed E-state index contributed by atoms with van der Waals surface area (Å²) < 4.78 is 0. The summed E-state index contributed by atoms with van der Waals surface area (Å²) in [5.41, 5.74) is 1.13. The third kappa shape index (κ3) is 2.23. The predicted molar refractivity (Wildman–Crippen MR) is 51.7 cm³/mol. The fraction of sp³-hybridized carbons (Fsp3) is 0.200. The first-order valence-corrected chi connectivity index (χ1v) is 4.10. The van der Waals surface area contributed by atoms with E-state index in [-0.39, 0.29) is 12.2 Å². The molecule has 1 aromatic carbocycles. The van der Waals surface area contributed by atoms with Crippen LogP contribution in [-0.2, 0) is 4.79 Å². The van der Waals surface area contributed by atoms with Crippen molar-refractivity contribution >= 4 is 11.6 Å². The van der Waals surface area contributed by atoms with Gasteiger partial charge in [0.2, 0.25) is 5.91 Å². The highest BCUT2D eigenvalue weighted by atomic mass is 16.3. The number of para-hydroxylation sites is 1. The van der Waals surface area contributed by atoms with Crippen molar-refractivity contribution in [2.24, 2.45) is 0 Å². The van der Waals surface area contributed by atoms with Crippen molar-refractivity contribution in [3.8, 4) is 11.8 Å². The molecule has 0 unspecified atom stereocenters. The van der Waals surface area contributed by atoms with Crippen molar-refractivity contribution in [2.45, 2.75) is 13.3 Å². The SMILES string of the molecule is Cc1cccc(O)c1NC(=O)CC#N. The van der Waals surface area contributed by atoms with Crippen molar-refractivity contribution in [3.63, 3.8) is 0 Å². The van der Waals surface area contributed by atoms with Crippen LogP contribution in [0.3, 0.4) is 0 Å². The number of aromatic hydroxyl groups is 1. The van der Waals surface area contributed by atoms with Gasteiger partial charge in [-0.2, -0.15) is 5.26 Å². The first-order chi connectivity index (χ1) is 6.65. The fourth-order valence-corrected chi connectivity index (χ4v) is 1.07. The van der Waals surface area contributed by atoms with Gasteiger partial charge < -0.3 is 10.4 Å². The van der Waals surface area contributed by atoms with Crippen LogP contribution in [0.2, 0.25) is 0 Å². The van der Waals surface area contributed by atoms with E-state index in [0.717, 1.165) is 5.56 Å². The molecule has 0 fully saturated rings. The average molecular weight is 190 g/mol. The number of anilines is 1. The van der Waals surface area contributed by atoms with Crippen molar-refractivity contribution in [1.82, 2.24) is 0 Å². The second kappa shape index (κ2) is 4.28. The zero-order valence-electron chi connectivity index (χ0n) is 7.74. The fourth-order valence-electron chi connectivity index (χ4n) is 1.07. The monoisotopic (exact) mass is 190 g/mol. The molecule has 72 valence electrons. The average Bonchev–Trinajstić information content (AvgIpc) is 2.12. The van der Waals surface area contributed by atoms with Crippen LogP contribution in [0.1, 0.15) is 12.0 Å². The topological polar surface area (TPSA) is 73.1 Å². The largest absolute Gasteiger partial charge is 0.506 e. The normalized spacial score (nSPS) is 9.14. The zero-order valence-corrected chi connectivity index (χ0v) is 7.74. The Bertz CT molecular complexity index is 373. The second-order valence-electron chi connectivity index (χ2n) is 2.85. The number of benzene rings is 1. The van der Waals surface area contributed by atoms with E-state index in [0.29, 0.717) is 5.69 Å². The lowest BCUT2D eigenvalue weighted by atomic mass is 10.2. The molecule has 0 heterocycles. The quantitative estimate of drug-likeness (QED) is 0.695. The first-order valence-electron chi connectivity index (χ1n) is 4.10. The van der Waals surface area contributed by atoms with Crippen molar-refractivity contribution in [2.75, 3.05) is 5.32 Å². The first kappa shape index (κ1) is 10.1. The van der Waals surface area contributed by atoms with Gasteiger partial charge in [0.1, 0.15) is 12.2 Å². The van der Waals surface area contributed by atoms with Gasteiger partial charge in [-0.3, -0.25) is 4.79 Å². The Morgan fingerprint density at radius 1 is 1.64 bits per heavy atom. The summed E-state index contributed by atoms with van der Waals surface area (Å²) in [5, 5.41) is 20.2. The minimum Gasteiger partial charge on any atom is -0.506 e. The summed E-state index contributed by atoms with van der Waals surface area (Å²) in [6.07, 6.45) is -0.215. The molecule has 4 heteroatoms. The van der Waals surface area contributed by atoms with E-state index in [1.807, 2.05) is 0 Å². The maximum Gasteiger partial charge on any atom is 0.238 e. The Hall–Kier alpha value is -2.02. The van der Waals surface area contributed by atoms with Gasteiger partial charge in [-0.25, -0.2) is 0 Å². The Labute approximate surface area is 81.8 Å². The highest BCUT2D eigenvalue weighted by Gasteiger charge is 2.07. The Morgan fingerprint density at radius 2 is 2.36 bits per heavy atom. The Balaban J connectivity index is 2.87. The number of nitriles is 1. The molecule has 1 aromatic rings. The van der Waals surface area contributed by atoms with E-state index in [2.05, 4.69) is 5.32 Å². The van der Waals surface area contributed by atoms with Crippen LogP contribution in [0.15, 0.2) is 18.2 Å². The molecular weight excluding hydrogens is 180 g/mol. The second-order valence-corrected chi connectivity index (χ2v) is 2.85. The van der Waals surface area contributed by atoms with Crippen molar-refractivity contribution in [1.29, 1.82) is 5.26 Å². The molecule has 2 N–H and O–H groups in total. The van der Waals surface area contributed by atoms with Gasteiger partial charge in [0.05, 0.1) is 11.8 Å². The Morgan fingerprint density at radius 3 is 2.93 bits per heavy atom. The number of rotatable bonds is 2. The standard InChI is InChI=1S/C10H10N2O2/c1-7-3-2-4-8(13)10(7)12-9(14)5-6-11/h2-4,13H,5H2,1H3,(H,12,14). The van der Waals surface area contributed by atoms with Gasteiger partial charge >= 0.3 is 0 Å². The van der Waals surface area contributed by atoms with Gasteiger partial charge in [-0.05, 0) is 18.6 Å². The summed E-state index contributed by atoms with van der Waals surface area (Å²) in [5.74, 6) is -0.409. The molecule has 0 bridgehead atoms. The number of phenols is 1. The maximum absolute atomic E-state index is 11.1. The summed E-state index contributed by atoms with van der Waals surface area (Å²) in [4.78, 5) is 11.1. The summed E-state index contributed by atoms with van der Waals surface area (Å²) in [6, 6.07) is 6.66. The van der Waals surface area contributed by atoms with E-state index in [4.69, 9.17) is 5.26 Å². The molecule has 0 saturated heterocycles. The van der Waals surface area contributed by atoms with Crippen LogP contribution < -0.4 is 5.32 Å². The third-order valence-corrected chi connectivity index (χ3v) is 1.75. The predicted octanol–water partition coefficient (Wildman–Crippen LogP) is 1.55. The smallest absolute Gasteiger partial charge is 0.238 e. The third-order valence-electron chi connectivity index (χ3n) is 1.75. The summed E-state index contributed by atoms with van der Waals surface area (Å²) in [7, 11) is 0. The van der Waals surface area contributed by atoms with Gasteiger partial charge in [-0.15, -0.1) is 0 Å². The van der Waals surface area contributed by atoms with Crippen molar-refractivity contribution < 1.29 is 9.90 Å². The van der Waals surface area contributed by atoms with E-state index < -0.39 is 5.91 Å². The molecule has 0 saturated carbocycles. The highest BCUT2D eigenvalue weighted by Crippen LogP contribution is 2.26. The van der Waals surface area contributed by atoms with E-state index >= 15 is 0 Å². The van der Waals surface area contributed by atoms with Gasteiger partial charge in [0, 0.05) is 0 Å². The maximum atomic E-state index is 11.1. The molecular formula is C10H10N2O2.